The number of benzene rings is 2. The number of fused-ring (bicyclic) bond motifs is 1. The van der Waals surface area contributed by atoms with Gasteiger partial charge in [0.25, 0.3) is 0 Å². The molecule has 2 rings (SSSR count). The van der Waals surface area contributed by atoms with E-state index in [-0.39, 0.29) is 17.2 Å². The molecule has 3 N–H and O–H groups in total. The van der Waals surface area contributed by atoms with Crippen LogP contribution in [0.3, 0.4) is 0 Å². The van der Waals surface area contributed by atoms with E-state index in [4.69, 9.17) is 5.11 Å². The number of phenolic OH excluding ortho intramolecular Hbond substituents is 1. The van der Waals surface area contributed by atoms with Gasteiger partial charge in [0.1, 0.15) is 5.56 Å². The lowest BCUT2D eigenvalue weighted by Crippen LogP contribution is -2.02. The first kappa shape index (κ1) is 12.2. The van der Waals surface area contributed by atoms with Gasteiger partial charge in [-0.3, -0.25) is 0 Å². The molecule has 0 atom stereocenters. The largest absolute Gasteiger partial charge is 0.504 e. The number of hydrogen-bond acceptors (Lipinski definition) is 3. The number of carboxylic acids is 1. The molecule has 18 heavy (non-hydrogen) atoms. The van der Waals surface area contributed by atoms with Crippen molar-refractivity contribution in [1.82, 2.24) is 0 Å². The maximum absolute atomic E-state index is 11.2. The summed E-state index contributed by atoms with van der Waals surface area (Å²) in [7, 11) is 0. The van der Waals surface area contributed by atoms with Crippen molar-refractivity contribution in [1.29, 1.82) is 0 Å². The molecule has 0 radical (unpaired) electrons. The zero-order valence-corrected chi connectivity index (χ0v) is 10.1. The van der Waals surface area contributed by atoms with E-state index in [1.165, 1.54) is 0 Å². The van der Waals surface area contributed by atoms with Gasteiger partial charge in [0, 0.05) is 10.9 Å². The van der Waals surface area contributed by atoms with Crippen LogP contribution in [0.1, 0.15) is 35.7 Å². The van der Waals surface area contributed by atoms with Gasteiger partial charge in [-0.2, -0.15) is 0 Å². The molecule has 4 heteroatoms. The molecule has 0 spiro atoms. The Morgan fingerprint density at radius 2 is 1.61 bits per heavy atom. The first-order valence-corrected chi connectivity index (χ1v) is 5.65. The summed E-state index contributed by atoms with van der Waals surface area (Å²) in [5.41, 5.74) is 0.306. The molecular weight excluding hydrogens is 232 g/mol. The molecule has 4 nitrogen and oxygen atoms in total. The highest BCUT2D eigenvalue weighted by Crippen LogP contribution is 2.43. The number of hydrogen-bond donors (Lipinski definition) is 3. The molecule has 0 heterocycles. The number of rotatable bonds is 2. The molecule has 94 valence electrons. The predicted molar refractivity (Wildman–Crippen MR) is 68.3 cm³/mol. The van der Waals surface area contributed by atoms with Crippen LogP contribution in [0.15, 0.2) is 24.3 Å². The van der Waals surface area contributed by atoms with Crippen LogP contribution in [0.2, 0.25) is 0 Å². The van der Waals surface area contributed by atoms with Gasteiger partial charge in [0.05, 0.1) is 0 Å². The molecule has 0 saturated heterocycles. The van der Waals surface area contributed by atoms with Gasteiger partial charge in [-0.05, 0) is 11.3 Å². The van der Waals surface area contributed by atoms with E-state index in [2.05, 4.69) is 0 Å². The van der Waals surface area contributed by atoms with Crippen LogP contribution in [0, 0.1) is 0 Å². The highest BCUT2D eigenvalue weighted by Gasteiger charge is 2.23. The Labute approximate surface area is 104 Å². The molecule has 0 aliphatic carbocycles. The van der Waals surface area contributed by atoms with Crippen LogP contribution in [0.4, 0.5) is 0 Å². The quantitative estimate of drug-likeness (QED) is 0.711. The number of aromatic carboxylic acids is 1. The minimum atomic E-state index is -1.26. The maximum atomic E-state index is 11.2. The lowest BCUT2D eigenvalue weighted by atomic mass is 9.91. The monoisotopic (exact) mass is 246 g/mol. The van der Waals surface area contributed by atoms with E-state index in [0.717, 1.165) is 0 Å². The number of carboxylic acid groups (broad SMARTS) is 1. The third-order valence-corrected chi connectivity index (χ3v) is 2.99. The van der Waals surface area contributed by atoms with Crippen LogP contribution in [0.5, 0.6) is 11.5 Å². The molecule has 0 amide bonds. The Bertz CT molecular complexity index is 629. The highest BCUT2D eigenvalue weighted by molar-refractivity contribution is 6.08. The SMILES string of the molecule is CC(C)c1c(O)c(O)c(C(=O)O)c2ccccc12. The van der Waals surface area contributed by atoms with Gasteiger partial charge >= 0.3 is 5.97 Å². The molecule has 0 aliphatic rings. The molecule has 2 aromatic rings. The molecule has 2 aromatic carbocycles. The fraction of sp³-hybridized carbons (Fsp3) is 0.214. The van der Waals surface area contributed by atoms with E-state index in [1.807, 2.05) is 13.8 Å². The Morgan fingerprint density at radius 3 is 2.11 bits per heavy atom. The van der Waals surface area contributed by atoms with Gasteiger partial charge in [0.2, 0.25) is 0 Å². The molecule has 0 aromatic heterocycles. The standard InChI is InChI=1S/C14H14O4/c1-7(2)10-8-5-3-4-6-9(8)11(14(17)18)13(16)12(10)15/h3-7,15-16H,1-2H3,(H,17,18). The Balaban J connectivity index is 3.02. The normalized spacial score (nSPS) is 11.1. The summed E-state index contributed by atoms with van der Waals surface area (Å²) >= 11 is 0. The van der Waals surface area contributed by atoms with E-state index in [9.17, 15) is 15.0 Å². The van der Waals surface area contributed by atoms with Crippen LogP contribution in [-0.4, -0.2) is 21.3 Å². The van der Waals surface area contributed by atoms with Crippen LogP contribution < -0.4 is 0 Å². The third kappa shape index (κ3) is 1.66. The smallest absolute Gasteiger partial charge is 0.340 e. The van der Waals surface area contributed by atoms with E-state index in [0.29, 0.717) is 16.3 Å². The number of aromatic hydroxyl groups is 2. The van der Waals surface area contributed by atoms with Crippen molar-refractivity contribution in [2.75, 3.05) is 0 Å². The van der Waals surface area contributed by atoms with Gasteiger partial charge in [-0.1, -0.05) is 38.1 Å². The number of carbonyl (C=O) groups is 1. The van der Waals surface area contributed by atoms with E-state index < -0.39 is 11.7 Å². The van der Waals surface area contributed by atoms with Crippen molar-refractivity contribution in [3.05, 3.63) is 35.4 Å². The van der Waals surface area contributed by atoms with Crippen molar-refractivity contribution in [3.63, 3.8) is 0 Å². The molecular formula is C14H14O4. The van der Waals surface area contributed by atoms with Crippen LogP contribution in [0.25, 0.3) is 10.8 Å². The van der Waals surface area contributed by atoms with Crippen molar-refractivity contribution in [3.8, 4) is 11.5 Å². The van der Waals surface area contributed by atoms with E-state index >= 15 is 0 Å². The van der Waals surface area contributed by atoms with Gasteiger partial charge < -0.3 is 15.3 Å². The Kier molecular flexibility index (Phi) is 2.87. The zero-order valence-electron chi connectivity index (χ0n) is 10.1. The lowest BCUT2D eigenvalue weighted by molar-refractivity contribution is 0.0695. The Morgan fingerprint density at radius 1 is 1.06 bits per heavy atom. The molecule has 0 saturated carbocycles. The second kappa shape index (κ2) is 4.22. The van der Waals surface area contributed by atoms with Crippen molar-refractivity contribution < 1.29 is 20.1 Å². The summed E-state index contributed by atoms with van der Waals surface area (Å²) in [6, 6.07) is 6.85. The van der Waals surface area contributed by atoms with Crippen molar-refractivity contribution >= 4 is 16.7 Å². The predicted octanol–water partition coefficient (Wildman–Crippen LogP) is 3.07. The van der Waals surface area contributed by atoms with Gasteiger partial charge in [-0.25, -0.2) is 4.79 Å². The van der Waals surface area contributed by atoms with Crippen LogP contribution >= 0.6 is 0 Å². The maximum Gasteiger partial charge on any atom is 0.340 e. The van der Waals surface area contributed by atoms with Crippen molar-refractivity contribution in [2.45, 2.75) is 19.8 Å². The second-order valence-corrected chi connectivity index (χ2v) is 4.49. The summed E-state index contributed by atoms with van der Waals surface area (Å²) in [5.74, 6) is -2.19. The average molecular weight is 246 g/mol. The summed E-state index contributed by atoms with van der Waals surface area (Å²) in [4.78, 5) is 11.2. The minimum absolute atomic E-state index is 0.0244. The average Bonchev–Trinajstić information content (AvgIpc) is 2.29. The third-order valence-electron chi connectivity index (χ3n) is 2.99. The fourth-order valence-electron chi connectivity index (χ4n) is 2.24. The summed E-state index contributed by atoms with van der Waals surface area (Å²) < 4.78 is 0. The molecule has 0 bridgehead atoms. The molecule has 0 aliphatic heterocycles. The second-order valence-electron chi connectivity index (χ2n) is 4.49. The minimum Gasteiger partial charge on any atom is -0.504 e. The van der Waals surface area contributed by atoms with Gasteiger partial charge in [0.15, 0.2) is 11.5 Å². The van der Waals surface area contributed by atoms with Crippen molar-refractivity contribution in [2.24, 2.45) is 0 Å². The molecule has 0 fully saturated rings. The van der Waals surface area contributed by atoms with Crippen LogP contribution in [-0.2, 0) is 0 Å². The lowest BCUT2D eigenvalue weighted by Gasteiger charge is -2.16. The highest BCUT2D eigenvalue weighted by atomic mass is 16.4. The number of phenols is 2. The zero-order chi connectivity index (χ0) is 13.4. The first-order valence-electron chi connectivity index (χ1n) is 5.65. The first-order chi connectivity index (χ1) is 8.45. The summed E-state index contributed by atoms with van der Waals surface area (Å²) in [6.45, 7) is 3.75. The molecule has 0 unspecified atom stereocenters. The topological polar surface area (TPSA) is 77.8 Å². The van der Waals surface area contributed by atoms with Gasteiger partial charge in [-0.15, -0.1) is 0 Å². The summed E-state index contributed by atoms with van der Waals surface area (Å²) in [6.07, 6.45) is 0. The Hall–Kier alpha value is -2.23. The summed E-state index contributed by atoms with van der Waals surface area (Å²) in [5, 5.41) is 30.1. The van der Waals surface area contributed by atoms with E-state index in [1.54, 1.807) is 24.3 Å². The fourth-order valence-corrected chi connectivity index (χ4v) is 2.24.